The largest absolute Gasteiger partial charge is 0.391 e. The van der Waals surface area contributed by atoms with Gasteiger partial charge in [0.15, 0.2) is 0 Å². The second-order valence-corrected chi connectivity index (χ2v) is 4.67. The van der Waals surface area contributed by atoms with Gasteiger partial charge in [0.05, 0.1) is 16.9 Å². The summed E-state index contributed by atoms with van der Waals surface area (Å²) in [5.74, 6) is -1.22. The molecule has 0 aliphatic heterocycles. The lowest BCUT2D eigenvalue weighted by atomic mass is 9.88. The van der Waals surface area contributed by atoms with Gasteiger partial charge in [-0.15, -0.1) is 0 Å². The molecule has 1 saturated carbocycles. The molecule has 78 valence electrons. The Morgan fingerprint density at radius 3 is 1.92 bits per heavy atom. The van der Waals surface area contributed by atoms with E-state index in [4.69, 9.17) is 5.14 Å². The van der Waals surface area contributed by atoms with E-state index in [2.05, 4.69) is 0 Å². The molecule has 1 aliphatic rings. The van der Waals surface area contributed by atoms with E-state index in [0.717, 1.165) is 0 Å². The van der Waals surface area contributed by atoms with E-state index in [1.165, 1.54) is 0 Å². The maximum absolute atomic E-state index is 12.2. The van der Waals surface area contributed by atoms with Gasteiger partial charge in [0.2, 0.25) is 0 Å². The van der Waals surface area contributed by atoms with Gasteiger partial charge >= 0.3 is 6.18 Å². The van der Waals surface area contributed by atoms with Gasteiger partial charge < -0.3 is 0 Å². The molecule has 2 N–H and O–H groups in total. The van der Waals surface area contributed by atoms with Gasteiger partial charge in [-0.05, 0) is 25.7 Å². The van der Waals surface area contributed by atoms with Crippen molar-refractivity contribution in [3.8, 4) is 0 Å². The van der Waals surface area contributed by atoms with E-state index < -0.39 is 23.1 Å². The van der Waals surface area contributed by atoms with Crippen molar-refractivity contribution in [3.63, 3.8) is 0 Å². The van der Waals surface area contributed by atoms with Gasteiger partial charge in [0.1, 0.15) is 0 Å². The minimum atomic E-state index is -4.10. The molecule has 0 spiro atoms. The Kier molecular flexibility index (Phi) is 3.34. The maximum Gasteiger partial charge on any atom is 0.391 e. The molecule has 1 unspecified atom stereocenters. The van der Waals surface area contributed by atoms with Gasteiger partial charge in [-0.1, -0.05) is 0 Å². The van der Waals surface area contributed by atoms with Crippen LogP contribution in [0.3, 0.4) is 0 Å². The molecule has 0 amide bonds. The minimum Gasteiger partial charge on any atom is -0.252 e. The van der Waals surface area contributed by atoms with Crippen molar-refractivity contribution in [2.75, 3.05) is 0 Å². The standard InChI is InChI=1S/C7H12F3NOS/c8-7(9,10)5-1-3-6(4-2-5)13(11)12/h5-6H,1-4,11H2. The van der Waals surface area contributed by atoms with Crippen LogP contribution in [0.1, 0.15) is 25.7 Å². The number of nitrogens with two attached hydrogens (primary N) is 1. The summed E-state index contributed by atoms with van der Waals surface area (Å²) in [5.41, 5.74) is 0. The molecule has 0 bridgehead atoms. The highest BCUT2D eigenvalue weighted by atomic mass is 32.2. The third-order valence-electron chi connectivity index (χ3n) is 2.47. The fraction of sp³-hybridized carbons (Fsp3) is 1.00. The number of hydrogen-bond acceptors (Lipinski definition) is 1. The molecular formula is C7H12F3NOS. The molecule has 0 saturated heterocycles. The van der Waals surface area contributed by atoms with Gasteiger partial charge in [-0.25, -0.2) is 4.21 Å². The highest BCUT2D eigenvalue weighted by Gasteiger charge is 2.41. The Morgan fingerprint density at radius 1 is 1.15 bits per heavy atom. The Balaban J connectivity index is 2.44. The number of hydrogen-bond donors (Lipinski definition) is 1. The third kappa shape index (κ3) is 2.95. The van der Waals surface area contributed by atoms with Crippen LogP contribution in [0.2, 0.25) is 0 Å². The van der Waals surface area contributed by atoms with Crippen LogP contribution in [0.4, 0.5) is 13.2 Å². The Hall–Kier alpha value is -0.100. The van der Waals surface area contributed by atoms with Crippen molar-refractivity contribution >= 4 is 11.0 Å². The second kappa shape index (κ2) is 3.96. The summed E-state index contributed by atoms with van der Waals surface area (Å²) in [6.07, 6.45) is -3.31. The number of rotatable bonds is 1. The molecule has 0 aromatic rings. The monoisotopic (exact) mass is 215 g/mol. The SMILES string of the molecule is NS(=O)C1CCC(C(F)(F)F)CC1. The zero-order valence-corrected chi connectivity index (χ0v) is 7.83. The molecule has 2 nitrogen and oxygen atoms in total. The first-order chi connectivity index (χ1) is 5.91. The topological polar surface area (TPSA) is 43.1 Å². The molecule has 0 aromatic heterocycles. The smallest absolute Gasteiger partial charge is 0.252 e. The van der Waals surface area contributed by atoms with Crippen LogP contribution in [-0.2, 0) is 11.0 Å². The van der Waals surface area contributed by atoms with Crippen molar-refractivity contribution in [2.45, 2.75) is 37.1 Å². The molecule has 6 heteroatoms. The average molecular weight is 215 g/mol. The van der Waals surface area contributed by atoms with Crippen molar-refractivity contribution < 1.29 is 17.4 Å². The van der Waals surface area contributed by atoms with Gasteiger partial charge in [-0.2, -0.15) is 13.2 Å². The first-order valence-electron chi connectivity index (χ1n) is 4.13. The van der Waals surface area contributed by atoms with Crippen LogP contribution in [0, 0.1) is 5.92 Å². The quantitative estimate of drug-likeness (QED) is 0.711. The van der Waals surface area contributed by atoms with Crippen LogP contribution in [0.15, 0.2) is 0 Å². The fourth-order valence-corrected chi connectivity index (χ4v) is 2.36. The number of halogens is 3. The molecule has 1 rings (SSSR count). The summed E-state index contributed by atoms with van der Waals surface area (Å²) in [6, 6.07) is 0. The summed E-state index contributed by atoms with van der Waals surface area (Å²) < 4.78 is 47.2. The predicted octanol–water partition coefficient (Wildman–Crippen LogP) is 1.73. The van der Waals surface area contributed by atoms with Crippen molar-refractivity contribution in [3.05, 3.63) is 0 Å². The first kappa shape index (κ1) is 11.0. The van der Waals surface area contributed by atoms with E-state index in [1.54, 1.807) is 0 Å². The lowest BCUT2D eigenvalue weighted by Crippen LogP contribution is -2.33. The summed E-state index contributed by atoms with van der Waals surface area (Å²) in [7, 11) is -1.46. The molecule has 0 radical (unpaired) electrons. The zero-order valence-electron chi connectivity index (χ0n) is 7.01. The molecule has 1 fully saturated rings. The van der Waals surface area contributed by atoms with Gasteiger partial charge in [-0.3, -0.25) is 5.14 Å². The van der Waals surface area contributed by atoms with Crippen LogP contribution in [0.25, 0.3) is 0 Å². The summed E-state index contributed by atoms with van der Waals surface area (Å²) in [6.45, 7) is 0. The van der Waals surface area contributed by atoms with Crippen molar-refractivity contribution in [2.24, 2.45) is 11.1 Å². The van der Waals surface area contributed by atoms with Gasteiger partial charge in [0, 0.05) is 5.25 Å². The zero-order chi connectivity index (χ0) is 10.1. The highest BCUT2D eigenvalue weighted by molar-refractivity contribution is 7.83. The van der Waals surface area contributed by atoms with E-state index in [9.17, 15) is 17.4 Å². The first-order valence-corrected chi connectivity index (χ1v) is 5.40. The van der Waals surface area contributed by atoms with E-state index in [0.29, 0.717) is 12.8 Å². The predicted molar refractivity (Wildman–Crippen MR) is 44.1 cm³/mol. The van der Waals surface area contributed by atoms with Gasteiger partial charge in [0.25, 0.3) is 0 Å². The van der Waals surface area contributed by atoms with Crippen LogP contribution in [-0.4, -0.2) is 15.6 Å². The Bertz CT molecular complexity index is 198. The molecule has 1 aliphatic carbocycles. The summed E-state index contributed by atoms with van der Waals surface area (Å²) >= 11 is 0. The minimum absolute atomic E-state index is 0.0666. The molecule has 1 atom stereocenters. The third-order valence-corrected chi connectivity index (χ3v) is 3.59. The lowest BCUT2D eigenvalue weighted by molar-refractivity contribution is -0.181. The van der Waals surface area contributed by atoms with Crippen molar-refractivity contribution in [1.29, 1.82) is 0 Å². The molecule has 13 heavy (non-hydrogen) atoms. The summed E-state index contributed by atoms with van der Waals surface area (Å²) in [5, 5.41) is 4.88. The average Bonchev–Trinajstić information content (AvgIpc) is 2.03. The van der Waals surface area contributed by atoms with E-state index >= 15 is 0 Å². The Labute approximate surface area is 77.3 Å². The maximum atomic E-state index is 12.2. The fourth-order valence-electron chi connectivity index (χ4n) is 1.62. The van der Waals surface area contributed by atoms with Crippen LogP contribution < -0.4 is 5.14 Å². The lowest BCUT2D eigenvalue weighted by Gasteiger charge is -2.28. The van der Waals surface area contributed by atoms with Crippen LogP contribution >= 0.6 is 0 Å². The molecule has 0 aromatic carbocycles. The number of alkyl halides is 3. The van der Waals surface area contributed by atoms with E-state index in [-0.39, 0.29) is 18.1 Å². The highest BCUT2D eigenvalue weighted by Crippen LogP contribution is 2.38. The normalized spacial score (nSPS) is 32.9. The summed E-state index contributed by atoms with van der Waals surface area (Å²) in [4.78, 5) is 0. The molecular weight excluding hydrogens is 203 g/mol. The molecule has 0 heterocycles. The van der Waals surface area contributed by atoms with Crippen molar-refractivity contribution in [1.82, 2.24) is 0 Å². The second-order valence-electron chi connectivity index (χ2n) is 3.34. The Morgan fingerprint density at radius 2 is 1.62 bits per heavy atom. The van der Waals surface area contributed by atoms with E-state index in [1.807, 2.05) is 0 Å². The van der Waals surface area contributed by atoms with Crippen LogP contribution in [0.5, 0.6) is 0 Å².